The molecule has 2 aromatic rings. The van der Waals surface area contributed by atoms with Crippen LogP contribution >= 0.6 is 0 Å². The number of rotatable bonds is 2. The van der Waals surface area contributed by atoms with Gasteiger partial charge in [0.2, 0.25) is 0 Å². The summed E-state index contributed by atoms with van der Waals surface area (Å²) in [7, 11) is 0. The highest BCUT2D eigenvalue weighted by Crippen LogP contribution is 2.36. The van der Waals surface area contributed by atoms with Crippen LogP contribution in [-0.4, -0.2) is 16.1 Å². The molecule has 4 nitrogen and oxygen atoms in total. The molecular formula is C15H17NO3. The van der Waals surface area contributed by atoms with Crippen LogP contribution in [0.1, 0.15) is 54.8 Å². The van der Waals surface area contributed by atoms with Crippen LogP contribution in [0, 0.1) is 5.92 Å². The number of aromatic nitrogens is 1. The lowest BCUT2D eigenvalue weighted by Crippen LogP contribution is -2.10. The number of carboxylic acids is 1. The van der Waals surface area contributed by atoms with Gasteiger partial charge in [0, 0.05) is 5.92 Å². The van der Waals surface area contributed by atoms with E-state index in [1.807, 2.05) is 0 Å². The van der Waals surface area contributed by atoms with Gasteiger partial charge in [-0.2, -0.15) is 0 Å². The van der Waals surface area contributed by atoms with Gasteiger partial charge in [-0.3, -0.25) is 0 Å². The van der Waals surface area contributed by atoms with E-state index in [9.17, 15) is 4.79 Å². The Morgan fingerprint density at radius 1 is 1.32 bits per heavy atom. The number of carboxylic acid groups (broad SMARTS) is 1. The highest BCUT2D eigenvalue weighted by Gasteiger charge is 2.24. The van der Waals surface area contributed by atoms with Crippen LogP contribution in [0.2, 0.25) is 0 Å². The van der Waals surface area contributed by atoms with E-state index in [0.29, 0.717) is 17.0 Å². The fourth-order valence-electron chi connectivity index (χ4n) is 2.76. The van der Waals surface area contributed by atoms with Gasteiger partial charge in [-0.15, -0.1) is 0 Å². The Balaban J connectivity index is 1.91. The van der Waals surface area contributed by atoms with Crippen LogP contribution < -0.4 is 0 Å². The average Bonchev–Trinajstić information content (AvgIpc) is 2.82. The Labute approximate surface area is 111 Å². The van der Waals surface area contributed by atoms with Crippen LogP contribution in [0.25, 0.3) is 11.1 Å². The highest BCUT2D eigenvalue weighted by molar-refractivity contribution is 5.91. The molecule has 1 aromatic carbocycles. The minimum Gasteiger partial charge on any atom is -0.478 e. The van der Waals surface area contributed by atoms with Gasteiger partial charge >= 0.3 is 5.97 Å². The molecule has 1 aliphatic carbocycles. The molecular weight excluding hydrogens is 242 g/mol. The van der Waals surface area contributed by atoms with Gasteiger partial charge < -0.3 is 9.52 Å². The van der Waals surface area contributed by atoms with Crippen molar-refractivity contribution in [3.05, 3.63) is 29.7 Å². The molecule has 1 aliphatic rings. The van der Waals surface area contributed by atoms with Crippen molar-refractivity contribution in [1.29, 1.82) is 0 Å². The molecule has 0 unspecified atom stereocenters. The summed E-state index contributed by atoms with van der Waals surface area (Å²) >= 11 is 0. The first kappa shape index (κ1) is 12.2. The molecule has 1 heterocycles. The minimum atomic E-state index is -0.932. The van der Waals surface area contributed by atoms with E-state index in [4.69, 9.17) is 9.52 Å². The van der Waals surface area contributed by atoms with Crippen LogP contribution in [-0.2, 0) is 0 Å². The predicted octanol–water partition coefficient (Wildman–Crippen LogP) is 3.82. The van der Waals surface area contributed by atoms with Gasteiger partial charge in [0.05, 0.1) is 5.56 Å². The summed E-state index contributed by atoms with van der Waals surface area (Å²) in [4.78, 5) is 15.4. The Hall–Kier alpha value is -1.84. The summed E-state index contributed by atoms with van der Waals surface area (Å²) in [5, 5.41) is 8.97. The number of hydrogen-bond acceptors (Lipinski definition) is 3. The fourth-order valence-corrected chi connectivity index (χ4v) is 2.76. The van der Waals surface area contributed by atoms with Gasteiger partial charge in [-0.25, -0.2) is 9.78 Å². The van der Waals surface area contributed by atoms with Gasteiger partial charge in [0.1, 0.15) is 5.52 Å². The Kier molecular flexibility index (Phi) is 3.01. The molecule has 19 heavy (non-hydrogen) atoms. The summed E-state index contributed by atoms with van der Waals surface area (Å²) in [5.74, 6) is 1.01. The van der Waals surface area contributed by atoms with E-state index in [1.165, 1.54) is 12.8 Å². The van der Waals surface area contributed by atoms with Crippen molar-refractivity contribution in [3.63, 3.8) is 0 Å². The SMILES string of the molecule is CC1CCC(c2nc3cc(C(=O)O)ccc3o2)CC1. The quantitative estimate of drug-likeness (QED) is 0.890. The Morgan fingerprint density at radius 3 is 2.74 bits per heavy atom. The first-order valence-corrected chi connectivity index (χ1v) is 6.77. The molecule has 0 saturated heterocycles. The normalized spacial score (nSPS) is 23.6. The van der Waals surface area contributed by atoms with Gasteiger partial charge in [0.15, 0.2) is 11.5 Å². The third-order valence-electron chi connectivity index (χ3n) is 4.02. The second-order valence-electron chi connectivity index (χ2n) is 5.50. The number of carbonyl (C=O) groups is 1. The molecule has 0 spiro atoms. The summed E-state index contributed by atoms with van der Waals surface area (Å²) in [5.41, 5.74) is 1.58. The lowest BCUT2D eigenvalue weighted by Gasteiger charge is -2.23. The lowest BCUT2D eigenvalue weighted by atomic mass is 9.83. The maximum absolute atomic E-state index is 10.9. The van der Waals surface area contributed by atoms with Crippen molar-refractivity contribution in [1.82, 2.24) is 4.98 Å². The zero-order valence-electron chi connectivity index (χ0n) is 10.9. The molecule has 0 bridgehead atoms. The van der Waals surface area contributed by atoms with Crippen molar-refractivity contribution in [2.75, 3.05) is 0 Å². The average molecular weight is 259 g/mol. The van der Waals surface area contributed by atoms with Crippen molar-refractivity contribution < 1.29 is 14.3 Å². The first-order chi connectivity index (χ1) is 9.13. The predicted molar refractivity (Wildman–Crippen MR) is 71.3 cm³/mol. The third-order valence-corrected chi connectivity index (χ3v) is 4.02. The molecule has 100 valence electrons. The summed E-state index contributed by atoms with van der Waals surface area (Å²) < 4.78 is 5.77. The van der Waals surface area contributed by atoms with Crippen molar-refractivity contribution in [2.45, 2.75) is 38.5 Å². The monoisotopic (exact) mass is 259 g/mol. The van der Waals surface area contributed by atoms with Crippen LogP contribution in [0.5, 0.6) is 0 Å². The molecule has 1 saturated carbocycles. The Morgan fingerprint density at radius 2 is 2.05 bits per heavy atom. The molecule has 0 aliphatic heterocycles. The molecule has 1 aromatic heterocycles. The van der Waals surface area contributed by atoms with E-state index in [-0.39, 0.29) is 5.56 Å². The van der Waals surface area contributed by atoms with Crippen molar-refractivity contribution in [2.24, 2.45) is 5.92 Å². The molecule has 1 N–H and O–H groups in total. The molecule has 0 amide bonds. The second-order valence-corrected chi connectivity index (χ2v) is 5.50. The summed E-state index contributed by atoms with van der Waals surface area (Å²) in [6.45, 7) is 2.28. The fraction of sp³-hybridized carbons (Fsp3) is 0.467. The summed E-state index contributed by atoms with van der Waals surface area (Å²) in [6, 6.07) is 4.83. The maximum Gasteiger partial charge on any atom is 0.335 e. The van der Waals surface area contributed by atoms with E-state index in [1.54, 1.807) is 18.2 Å². The van der Waals surface area contributed by atoms with Crippen LogP contribution in [0.15, 0.2) is 22.6 Å². The summed E-state index contributed by atoms with van der Waals surface area (Å²) in [6.07, 6.45) is 4.65. The number of fused-ring (bicyclic) bond motifs is 1. The van der Waals surface area contributed by atoms with E-state index in [2.05, 4.69) is 11.9 Å². The smallest absolute Gasteiger partial charge is 0.335 e. The van der Waals surface area contributed by atoms with E-state index >= 15 is 0 Å². The lowest BCUT2D eigenvalue weighted by molar-refractivity contribution is 0.0697. The first-order valence-electron chi connectivity index (χ1n) is 6.77. The Bertz CT molecular complexity index is 609. The number of oxazole rings is 1. The van der Waals surface area contributed by atoms with Gasteiger partial charge in [-0.1, -0.05) is 6.92 Å². The standard InChI is InChI=1S/C15H17NO3/c1-9-2-4-10(5-3-9)14-16-12-8-11(15(17)18)6-7-13(12)19-14/h6-10H,2-5H2,1H3,(H,17,18). The molecule has 4 heteroatoms. The minimum absolute atomic E-state index is 0.254. The van der Waals surface area contributed by atoms with Crippen molar-refractivity contribution in [3.8, 4) is 0 Å². The number of hydrogen-bond donors (Lipinski definition) is 1. The topological polar surface area (TPSA) is 63.3 Å². The van der Waals surface area contributed by atoms with Crippen LogP contribution in [0.3, 0.4) is 0 Å². The van der Waals surface area contributed by atoms with Crippen molar-refractivity contribution >= 4 is 17.1 Å². The second kappa shape index (κ2) is 4.68. The van der Waals surface area contributed by atoms with Crippen LogP contribution in [0.4, 0.5) is 0 Å². The largest absolute Gasteiger partial charge is 0.478 e. The molecule has 0 radical (unpaired) electrons. The zero-order chi connectivity index (χ0) is 13.4. The van der Waals surface area contributed by atoms with Gasteiger partial charge in [-0.05, 0) is 49.8 Å². The van der Waals surface area contributed by atoms with E-state index < -0.39 is 5.97 Å². The molecule has 0 atom stereocenters. The molecule has 1 fully saturated rings. The van der Waals surface area contributed by atoms with E-state index in [0.717, 1.165) is 24.7 Å². The van der Waals surface area contributed by atoms with Gasteiger partial charge in [0.25, 0.3) is 0 Å². The molecule has 3 rings (SSSR count). The number of aromatic carboxylic acids is 1. The maximum atomic E-state index is 10.9. The number of nitrogens with zero attached hydrogens (tertiary/aromatic N) is 1. The number of benzene rings is 1. The highest BCUT2D eigenvalue weighted by atomic mass is 16.4. The third kappa shape index (κ3) is 2.35. The zero-order valence-corrected chi connectivity index (χ0v) is 10.9.